The summed E-state index contributed by atoms with van der Waals surface area (Å²) in [6, 6.07) is 16.6. The Kier molecular flexibility index (Phi) is 5.47. The number of para-hydroxylation sites is 1. The largest absolute Gasteiger partial charge is 0.351 e. The first-order chi connectivity index (χ1) is 14.3. The monoisotopic (exact) mass is 419 g/mol. The van der Waals surface area contributed by atoms with Gasteiger partial charge in [0.15, 0.2) is 5.65 Å². The summed E-state index contributed by atoms with van der Waals surface area (Å²) in [5.41, 5.74) is 4.80. The molecule has 1 amide bonds. The van der Waals surface area contributed by atoms with E-state index in [1.54, 1.807) is 0 Å². The Balaban J connectivity index is 1.68. The molecule has 0 saturated carbocycles. The predicted molar refractivity (Wildman–Crippen MR) is 122 cm³/mol. The molecule has 4 rings (SSSR count). The van der Waals surface area contributed by atoms with Crippen molar-refractivity contribution >= 4 is 39.7 Å². The Morgan fingerprint density at radius 3 is 2.53 bits per heavy atom. The van der Waals surface area contributed by atoms with E-state index in [1.807, 2.05) is 39.0 Å². The third kappa shape index (κ3) is 4.46. The van der Waals surface area contributed by atoms with Gasteiger partial charge in [-0.1, -0.05) is 59.8 Å². The molecule has 30 heavy (non-hydrogen) atoms. The van der Waals surface area contributed by atoms with Crippen LogP contribution in [0.3, 0.4) is 0 Å². The van der Waals surface area contributed by atoms with Crippen LogP contribution in [0.1, 0.15) is 31.9 Å². The van der Waals surface area contributed by atoms with Crippen molar-refractivity contribution in [3.8, 4) is 0 Å². The van der Waals surface area contributed by atoms with E-state index in [9.17, 15) is 4.79 Å². The summed E-state index contributed by atoms with van der Waals surface area (Å²) >= 11 is 1.30. The van der Waals surface area contributed by atoms with Gasteiger partial charge in [-0.2, -0.15) is 0 Å². The predicted octanol–water partition coefficient (Wildman–Crippen LogP) is 4.34. The summed E-state index contributed by atoms with van der Waals surface area (Å²) in [6.07, 6.45) is 0. The van der Waals surface area contributed by atoms with Gasteiger partial charge in [0.2, 0.25) is 11.1 Å². The lowest BCUT2D eigenvalue weighted by Crippen LogP contribution is -2.41. The van der Waals surface area contributed by atoms with Crippen LogP contribution >= 0.6 is 11.8 Å². The fourth-order valence-electron chi connectivity index (χ4n) is 3.37. The van der Waals surface area contributed by atoms with Crippen molar-refractivity contribution in [2.45, 2.75) is 44.9 Å². The lowest BCUT2D eigenvalue weighted by molar-refractivity contribution is -0.119. The summed E-state index contributed by atoms with van der Waals surface area (Å²) in [5, 5.41) is 13.2. The molecule has 154 valence electrons. The van der Waals surface area contributed by atoms with Crippen molar-refractivity contribution in [1.82, 2.24) is 25.1 Å². The van der Waals surface area contributed by atoms with Gasteiger partial charge in [0.1, 0.15) is 5.52 Å². The highest BCUT2D eigenvalue weighted by Gasteiger charge is 2.17. The number of fused-ring (bicyclic) bond motifs is 3. The zero-order valence-corrected chi connectivity index (χ0v) is 18.5. The highest BCUT2D eigenvalue weighted by Crippen LogP contribution is 2.28. The van der Waals surface area contributed by atoms with Crippen molar-refractivity contribution < 1.29 is 4.79 Å². The van der Waals surface area contributed by atoms with Gasteiger partial charge in [-0.15, -0.1) is 10.2 Å². The smallest absolute Gasteiger partial charge is 0.230 e. The molecule has 0 unspecified atom stereocenters. The highest BCUT2D eigenvalue weighted by molar-refractivity contribution is 7.99. The van der Waals surface area contributed by atoms with Crippen LogP contribution in [0.4, 0.5) is 0 Å². The second-order valence-corrected chi connectivity index (χ2v) is 9.38. The first-order valence-corrected chi connectivity index (χ1v) is 10.9. The fourth-order valence-corrected chi connectivity index (χ4v) is 3.95. The minimum Gasteiger partial charge on any atom is -0.351 e. The highest BCUT2D eigenvalue weighted by atomic mass is 32.2. The van der Waals surface area contributed by atoms with Gasteiger partial charge in [-0.25, -0.2) is 4.98 Å². The van der Waals surface area contributed by atoms with E-state index in [4.69, 9.17) is 4.98 Å². The number of nitrogens with one attached hydrogen (secondary N) is 1. The molecule has 0 aliphatic carbocycles. The summed E-state index contributed by atoms with van der Waals surface area (Å²) in [4.78, 5) is 16.9. The average Bonchev–Trinajstić information content (AvgIpc) is 3.00. The number of hydrogen-bond donors (Lipinski definition) is 1. The van der Waals surface area contributed by atoms with Crippen LogP contribution in [0.25, 0.3) is 22.1 Å². The minimum atomic E-state index is -0.263. The number of amides is 1. The van der Waals surface area contributed by atoms with Crippen LogP contribution in [0.15, 0.2) is 53.7 Å². The van der Waals surface area contributed by atoms with E-state index in [2.05, 4.69) is 57.3 Å². The normalized spacial score (nSPS) is 11.9. The van der Waals surface area contributed by atoms with Crippen molar-refractivity contribution in [3.05, 3.63) is 59.7 Å². The van der Waals surface area contributed by atoms with E-state index < -0.39 is 0 Å². The molecule has 0 spiro atoms. The zero-order valence-electron chi connectivity index (χ0n) is 17.6. The summed E-state index contributed by atoms with van der Waals surface area (Å²) < 4.78 is 2.17. The molecule has 0 bridgehead atoms. The van der Waals surface area contributed by atoms with Crippen LogP contribution in [0.2, 0.25) is 0 Å². The number of aromatic nitrogens is 4. The number of hydrogen-bond acceptors (Lipinski definition) is 5. The van der Waals surface area contributed by atoms with Crippen molar-refractivity contribution in [1.29, 1.82) is 0 Å². The van der Waals surface area contributed by atoms with Crippen LogP contribution < -0.4 is 5.32 Å². The first-order valence-electron chi connectivity index (χ1n) is 9.91. The number of carbonyl (C=O) groups excluding carboxylic acids is 1. The molecule has 0 saturated heterocycles. The fraction of sp³-hybridized carbons (Fsp3) is 0.304. The van der Waals surface area contributed by atoms with Crippen molar-refractivity contribution in [3.63, 3.8) is 0 Å². The molecule has 0 radical (unpaired) electrons. The summed E-state index contributed by atoms with van der Waals surface area (Å²) in [6.45, 7) is 8.66. The summed E-state index contributed by atoms with van der Waals surface area (Å²) in [7, 11) is 0. The molecule has 0 aliphatic heterocycles. The minimum absolute atomic E-state index is 0.0450. The van der Waals surface area contributed by atoms with E-state index in [-0.39, 0.29) is 17.2 Å². The van der Waals surface area contributed by atoms with Crippen molar-refractivity contribution in [2.75, 3.05) is 5.75 Å². The second kappa shape index (κ2) is 8.07. The maximum Gasteiger partial charge on any atom is 0.230 e. The van der Waals surface area contributed by atoms with E-state index in [0.717, 1.165) is 22.1 Å². The average molecular weight is 420 g/mol. The molecule has 2 heterocycles. The van der Waals surface area contributed by atoms with Crippen LogP contribution in [0.5, 0.6) is 0 Å². The van der Waals surface area contributed by atoms with Crippen LogP contribution in [-0.2, 0) is 11.3 Å². The molecule has 0 atom stereocenters. The molecule has 6 nitrogen and oxygen atoms in total. The molecule has 0 fully saturated rings. The van der Waals surface area contributed by atoms with Gasteiger partial charge in [-0.05, 0) is 39.3 Å². The van der Waals surface area contributed by atoms with Crippen LogP contribution in [-0.4, -0.2) is 36.9 Å². The van der Waals surface area contributed by atoms with E-state index in [0.29, 0.717) is 11.7 Å². The summed E-state index contributed by atoms with van der Waals surface area (Å²) in [5.74, 6) is 0.208. The third-order valence-corrected chi connectivity index (χ3v) is 5.50. The molecule has 7 heteroatoms. The standard InChI is InChI=1S/C23H25N5OS/c1-15-9-11-16(12-10-15)13-28-18-8-6-5-7-17(18)20-21(28)24-22(27-26-20)30-14-19(29)25-23(2,3)4/h5-12H,13-14H2,1-4H3,(H,25,29). The molecule has 1 N–H and O–H groups in total. The molecule has 2 aromatic carbocycles. The quantitative estimate of drug-likeness (QED) is 0.487. The Hall–Kier alpha value is -2.93. The lowest BCUT2D eigenvalue weighted by atomic mass is 10.1. The Morgan fingerprint density at radius 2 is 1.80 bits per heavy atom. The lowest BCUT2D eigenvalue weighted by Gasteiger charge is -2.20. The van der Waals surface area contributed by atoms with Gasteiger partial charge in [-0.3, -0.25) is 4.79 Å². The number of benzene rings is 2. The van der Waals surface area contributed by atoms with E-state index in [1.165, 1.54) is 22.9 Å². The second-order valence-electron chi connectivity index (χ2n) is 8.44. The maximum absolute atomic E-state index is 12.2. The maximum atomic E-state index is 12.2. The molecule has 2 aromatic heterocycles. The number of aryl methyl sites for hydroxylation is 1. The van der Waals surface area contributed by atoms with Gasteiger partial charge < -0.3 is 9.88 Å². The third-order valence-electron chi connectivity index (χ3n) is 4.66. The van der Waals surface area contributed by atoms with Gasteiger partial charge >= 0.3 is 0 Å². The zero-order chi connectivity index (χ0) is 21.3. The Labute approximate surface area is 180 Å². The molecular weight excluding hydrogens is 394 g/mol. The molecular formula is C23H25N5OS. The van der Waals surface area contributed by atoms with Crippen LogP contribution in [0, 0.1) is 6.92 Å². The number of carbonyl (C=O) groups is 1. The van der Waals surface area contributed by atoms with E-state index >= 15 is 0 Å². The Morgan fingerprint density at radius 1 is 1.07 bits per heavy atom. The molecule has 4 aromatic rings. The Bertz CT molecular complexity index is 1210. The number of nitrogens with zero attached hydrogens (tertiary/aromatic N) is 4. The number of thioether (sulfide) groups is 1. The van der Waals surface area contributed by atoms with Gasteiger partial charge in [0.25, 0.3) is 0 Å². The van der Waals surface area contributed by atoms with Gasteiger partial charge in [0.05, 0.1) is 11.3 Å². The SMILES string of the molecule is Cc1ccc(Cn2c3ccccc3c3nnc(SCC(=O)NC(C)(C)C)nc32)cc1. The number of rotatable bonds is 5. The van der Waals surface area contributed by atoms with Gasteiger partial charge in [0, 0.05) is 17.5 Å². The first kappa shape index (κ1) is 20.3. The molecule has 0 aliphatic rings. The topological polar surface area (TPSA) is 72.7 Å². The van der Waals surface area contributed by atoms with Crippen molar-refractivity contribution in [2.24, 2.45) is 0 Å².